The summed E-state index contributed by atoms with van der Waals surface area (Å²) in [6.07, 6.45) is 1.83. The van der Waals surface area contributed by atoms with Gasteiger partial charge in [0.2, 0.25) is 0 Å². The third-order valence-corrected chi connectivity index (χ3v) is 3.49. The van der Waals surface area contributed by atoms with Gasteiger partial charge in [0.15, 0.2) is 0 Å². The van der Waals surface area contributed by atoms with Crippen LogP contribution in [0.4, 0.5) is 0 Å². The van der Waals surface area contributed by atoms with Gasteiger partial charge in [0.05, 0.1) is 11.1 Å². The predicted molar refractivity (Wildman–Crippen MR) is 86.5 cm³/mol. The number of rotatable bonds is 6. The van der Waals surface area contributed by atoms with Gasteiger partial charge in [0.25, 0.3) is 5.91 Å². The number of fused-ring (bicyclic) bond motifs is 1. The van der Waals surface area contributed by atoms with Crippen molar-refractivity contribution in [1.29, 1.82) is 0 Å². The van der Waals surface area contributed by atoms with E-state index in [0.29, 0.717) is 24.6 Å². The van der Waals surface area contributed by atoms with E-state index in [4.69, 9.17) is 5.73 Å². The summed E-state index contributed by atoms with van der Waals surface area (Å²) < 4.78 is 0. The van der Waals surface area contributed by atoms with Gasteiger partial charge in [-0.05, 0) is 37.4 Å². The Kier molecular flexibility index (Phi) is 5.28. The van der Waals surface area contributed by atoms with Crippen molar-refractivity contribution in [1.82, 2.24) is 10.3 Å². The van der Waals surface area contributed by atoms with Crippen LogP contribution in [0.1, 0.15) is 48.7 Å². The van der Waals surface area contributed by atoms with Crippen molar-refractivity contribution in [3.63, 3.8) is 0 Å². The van der Waals surface area contributed by atoms with Gasteiger partial charge in [0.1, 0.15) is 0 Å². The maximum atomic E-state index is 12.4. The first-order valence-electron chi connectivity index (χ1n) is 7.51. The lowest BCUT2D eigenvalue weighted by Crippen LogP contribution is -2.25. The minimum absolute atomic E-state index is 0.0347. The van der Waals surface area contributed by atoms with Crippen LogP contribution < -0.4 is 11.1 Å². The fourth-order valence-corrected chi connectivity index (χ4v) is 2.25. The second-order valence-corrected chi connectivity index (χ2v) is 5.52. The highest BCUT2D eigenvalue weighted by atomic mass is 16.1. The molecule has 0 radical (unpaired) electrons. The lowest BCUT2D eigenvalue weighted by atomic mass is 10.0. The van der Waals surface area contributed by atoms with Gasteiger partial charge in [-0.25, -0.2) is 0 Å². The molecule has 4 heteroatoms. The van der Waals surface area contributed by atoms with Crippen molar-refractivity contribution in [2.45, 2.75) is 32.6 Å². The zero-order valence-corrected chi connectivity index (χ0v) is 12.7. The largest absolute Gasteiger partial charge is 0.352 e. The number of amides is 1. The van der Waals surface area contributed by atoms with Crippen molar-refractivity contribution in [3.05, 3.63) is 41.6 Å². The Hall–Kier alpha value is -1.94. The summed E-state index contributed by atoms with van der Waals surface area (Å²) in [6, 6.07) is 9.69. The highest BCUT2D eigenvalue weighted by molar-refractivity contribution is 6.06. The molecule has 1 aromatic carbocycles. The molecule has 0 saturated carbocycles. The van der Waals surface area contributed by atoms with E-state index < -0.39 is 0 Å². The SMILES string of the molecule is CC(C)c1cc(C(=O)NCCCCN)c2ccccc2n1. The van der Waals surface area contributed by atoms with Crippen LogP contribution >= 0.6 is 0 Å². The zero-order valence-electron chi connectivity index (χ0n) is 12.7. The molecule has 0 saturated heterocycles. The summed E-state index contributed by atoms with van der Waals surface area (Å²) in [7, 11) is 0. The van der Waals surface area contributed by atoms with E-state index in [1.165, 1.54) is 0 Å². The number of carbonyl (C=O) groups excluding carboxylic acids is 1. The van der Waals surface area contributed by atoms with Crippen molar-refractivity contribution in [3.8, 4) is 0 Å². The molecule has 21 heavy (non-hydrogen) atoms. The number of para-hydroxylation sites is 1. The summed E-state index contributed by atoms with van der Waals surface area (Å²) in [5, 5.41) is 3.87. The number of nitrogens with one attached hydrogen (secondary N) is 1. The van der Waals surface area contributed by atoms with E-state index >= 15 is 0 Å². The maximum Gasteiger partial charge on any atom is 0.252 e. The lowest BCUT2D eigenvalue weighted by Gasteiger charge is -2.12. The zero-order chi connectivity index (χ0) is 15.2. The first-order valence-corrected chi connectivity index (χ1v) is 7.51. The molecular weight excluding hydrogens is 262 g/mol. The molecule has 0 atom stereocenters. The number of nitrogens with two attached hydrogens (primary N) is 1. The van der Waals surface area contributed by atoms with Crippen LogP contribution in [-0.4, -0.2) is 24.0 Å². The molecule has 0 aliphatic heterocycles. The molecule has 0 aliphatic rings. The number of unbranched alkanes of at least 4 members (excludes halogenated alkanes) is 1. The number of hydrogen-bond donors (Lipinski definition) is 2. The molecule has 0 bridgehead atoms. The average molecular weight is 285 g/mol. The molecule has 0 aliphatic carbocycles. The number of aromatic nitrogens is 1. The molecule has 3 N–H and O–H groups in total. The van der Waals surface area contributed by atoms with Crippen LogP contribution in [0.2, 0.25) is 0 Å². The topological polar surface area (TPSA) is 68.0 Å². The van der Waals surface area contributed by atoms with Gasteiger partial charge >= 0.3 is 0 Å². The smallest absolute Gasteiger partial charge is 0.252 e. The highest BCUT2D eigenvalue weighted by Crippen LogP contribution is 2.22. The van der Waals surface area contributed by atoms with Gasteiger partial charge in [0, 0.05) is 17.6 Å². The first kappa shape index (κ1) is 15.4. The van der Waals surface area contributed by atoms with Gasteiger partial charge in [-0.15, -0.1) is 0 Å². The van der Waals surface area contributed by atoms with Crippen LogP contribution in [0, 0.1) is 0 Å². The molecule has 1 heterocycles. The molecule has 2 rings (SSSR count). The van der Waals surface area contributed by atoms with Crippen LogP contribution in [0.3, 0.4) is 0 Å². The van der Waals surface area contributed by atoms with Crippen molar-refractivity contribution in [2.24, 2.45) is 5.73 Å². The normalized spacial score (nSPS) is 11.0. The van der Waals surface area contributed by atoms with Gasteiger partial charge in [-0.3, -0.25) is 9.78 Å². The minimum atomic E-state index is -0.0347. The number of hydrogen-bond acceptors (Lipinski definition) is 3. The quantitative estimate of drug-likeness (QED) is 0.802. The van der Waals surface area contributed by atoms with Gasteiger partial charge in [-0.1, -0.05) is 32.0 Å². The van der Waals surface area contributed by atoms with Crippen molar-refractivity contribution >= 4 is 16.8 Å². The third-order valence-electron chi connectivity index (χ3n) is 3.49. The van der Waals surface area contributed by atoms with E-state index in [1.54, 1.807) is 0 Å². The Bertz CT molecular complexity index is 622. The fraction of sp³-hybridized carbons (Fsp3) is 0.412. The predicted octanol–water partition coefficient (Wildman–Crippen LogP) is 2.83. The second-order valence-electron chi connectivity index (χ2n) is 5.52. The molecule has 4 nitrogen and oxygen atoms in total. The number of benzene rings is 1. The van der Waals surface area contributed by atoms with Gasteiger partial charge < -0.3 is 11.1 Å². The van der Waals surface area contributed by atoms with Crippen LogP contribution in [0.15, 0.2) is 30.3 Å². The number of pyridine rings is 1. The van der Waals surface area contributed by atoms with Crippen LogP contribution in [0.5, 0.6) is 0 Å². The van der Waals surface area contributed by atoms with Crippen LogP contribution in [0.25, 0.3) is 10.9 Å². The van der Waals surface area contributed by atoms with E-state index in [-0.39, 0.29) is 5.91 Å². The Morgan fingerprint density at radius 3 is 2.76 bits per heavy atom. The fourth-order valence-electron chi connectivity index (χ4n) is 2.25. The Morgan fingerprint density at radius 2 is 2.05 bits per heavy atom. The Morgan fingerprint density at radius 1 is 1.29 bits per heavy atom. The molecular formula is C17H23N3O. The highest BCUT2D eigenvalue weighted by Gasteiger charge is 2.13. The molecule has 0 unspecified atom stereocenters. The van der Waals surface area contributed by atoms with Crippen molar-refractivity contribution in [2.75, 3.05) is 13.1 Å². The summed E-state index contributed by atoms with van der Waals surface area (Å²) in [5.74, 6) is 0.255. The number of carbonyl (C=O) groups is 1. The van der Waals surface area contributed by atoms with Crippen molar-refractivity contribution < 1.29 is 4.79 Å². The van der Waals surface area contributed by atoms with E-state index in [2.05, 4.69) is 24.1 Å². The second kappa shape index (κ2) is 7.18. The Balaban J connectivity index is 2.30. The summed E-state index contributed by atoms with van der Waals surface area (Å²) in [6.45, 7) is 5.48. The minimum Gasteiger partial charge on any atom is -0.352 e. The monoisotopic (exact) mass is 285 g/mol. The molecule has 1 amide bonds. The van der Waals surface area contributed by atoms with E-state index in [9.17, 15) is 4.79 Å². The standard InChI is InChI=1S/C17H23N3O/c1-12(2)16-11-14(17(21)19-10-6-5-9-18)13-7-3-4-8-15(13)20-16/h3-4,7-8,11-12H,5-6,9-10,18H2,1-2H3,(H,19,21). The lowest BCUT2D eigenvalue weighted by molar-refractivity contribution is 0.0954. The molecule has 2 aromatic rings. The first-order chi connectivity index (χ1) is 10.1. The number of nitrogens with zero attached hydrogens (tertiary/aromatic N) is 1. The molecule has 0 fully saturated rings. The third kappa shape index (κ3) is 3.79. The molecule has 0 spiro atoms. The average Bonchev–Trinajstić information content (AvgIpc) is 2.50. The van der Waals surface area contributed by atoms with E-state index in [0.717, 1.165) is 29.4 Å². The molecule has 112 valence electrons. The summed E-state index contributed by atoms with van der Waals surface area (Å²) >= 11 is 0. The Labute approximate surface area is 125 Å². The summed E-state index contributed by atoms with van der Waals surface area (Å²) in [4.78, 5) is 17.1. The summed E-state index contributed by atoms with van der Waals surface area (Å²) in [5.41, 5.74) is 7.99. The van der Waals surface area contributed by atoms with E-state index in [1.807, 2.05) is 30.3 Å². The van der Waals surface area contributed by atoms with Gasteiger partial charge in [-0.2, -0.15) is 0 Å². The maximum absolute atomic E-state index is 12.4. The molecule has 1 aromatic heterocycles. The van der Waals surface area contributed by atoms with Crippen LogP contribution in [-0.2, 0) is 0 Å².